The topological polar surface area (TPSA) is 91.4 Å². The Morgan fingerprint density at radius 1 is 1.32 bits per heavy atom. The quantitative estimate of drug-likeness (QED) is 0.693. The van der Waals surface area contributed by atoms with Crippen molar-refractivity contribution in [2.45, 2.75) is 31.3 Å². The van der Waals surface area contributed by atoms with Gasteiger partial charge in [-0.3, -0.25) is 0 Å². The lowest BCUT2D eigenvalue weighted by molar-refractivity contribution is 0.0820. The second kappa shape index (κ2) is 8.89. The molecule has 1 aliphatic heterocycles. The molecule has 1 aliphatic rings. The number of nitrogens with one attached hydrogen (secondary N) is 2. The van der Waals surface area contributed by atoms with Gasteiger partial charge >= 0.3 is 6.09 Å². The summed E-state index contributed by atoms with van der Waals surface area (Å²) in [5, 5.41) is 10.7. The van der Waals surface area contributed by atoms with Gasteiger partial charge in [0, 0.05) is 37.1 Å². The monoisotopic (exact) mass is 380 g/mol. The van der Waals surface area contributed by atoms with Gasteiger partial charge in [-0.2, -0.15) is 0 Å². The number of piperidine rings is 1. The summed E-state index contributed by atoms with van der Waals surface area (Å²) in [5.74, 6) is 0. The predicted octanol–water partition coefficient (Wildman–Crippen LogP) is 3.49. The van der Waals surface area contributed by atoms with Crippen LogP contribution in [0.1, 0.15) is 24.0 Å². The fraction of sp³-hybridized carbons (Fsp3) is 0.364. The number of hydrogen-bond donors (Lipinski definition) is 3. The summed E-state index contributed by atoms with van der Waals surface area (Å²) in [6.45, 7) is 0.679. The maximum Gasteiger partial charge on any atom is 0.409 e. The normalized spacial score (nSPS) is 19.2. The van der Waals surface area contributed by atoms with E-state index in [1.54, 1.807) is 4.90 Å². The molecule has 0 radical (unpaired) electrons. The Morgan fingerprint density at radius 3 is 2.82 bits per heavy atom. The Balaban J connectivity index is 1.87. The Bertz CT molecular complexity index is 852. The minimum Gasteiger partial charge on any atom is -0.453 e. The van der Waals surface area contributed by atoms with Crippen molar-refractivity contribution in [1.29, 1.82) is 5.41 Å². The van der Waals surface area contributed by atoms with Crippen molar-refractivity contribution in [2.75, 3.05) is 26.0 Å². The number of anilines is 1. The van der Waals surface area contributed by atoms with Crippen molar-refractivity contribution < 1.29 is 9.53 Å². The van der Waals surface area contributed by atoms with Crippen LogP contribution in [0.2, 0.25) is 0 Å². The predicted molar refractivity (Wildman–Crippen MR) is 113 cm³/mol. The zero-order valence-corrected chi connectivity index (χ0v) is 16.4. The van der Waals surface area contributed by atoms with Crippen LogP contribution in [0.5, 0.6) is 0 Å². The molecule has 0 aromatic heterocycles. The molecule has 2 atom stereocenters. The van der Waals surface area contributed by atoms with E-state index in [2.05, 4.69) is 23.5 Å². The van der Waals surface area contributed by atoms with Crippen molar-refractivity contribution in [3.8, 4) is 11.1 Å². The van der Waals surface area contributed by atoms with Crippen LogP contribution in [0, 0.1) is 5.41 Å². The first-order chi connectivity index (χ1) is 13.6. The number of carbonyl (C=O) groups is 1. The maximum atomic E-state index is 12.2. The molecule has 0 saturated carbocycles. The number of methoxy groups -OCH3 is 1. The molecule has 3 rings (SSSR count). The molecule has 6 heteroatoms. The number of nitrogens with two attached hydrogens (primary N) is 1. The van der Waals surface area contributed by atoms with Crippen molar-refractivity contribution in [2.24, 2.45) is 5.73 Å². The van der Waals surface area contributed by atoms with Crippen LogP contribution in [0.15, 0.2) is 42.5 Å². The van der Waals surface area contributed by atoms with Gasteiger partial charge in [0.25, 0.3) is 0 Å². The van der Waals surface area contributed by atoms with Gasteiger partial charge in [-0.25, -0.2) is 4.79 Å². The first kappa shape index (κ1) is 19.9. The van der Waals surface area contributed by atoms with E-state index in [4.69, 9.17) is 15.9 Å². The van der Waals surface area contributed by atoms with Gasteiger partial charge in [0.05, 0.1) is 13.2 Å². The second-order valence-electron chi connectivity index (χ2n) is 7.14. The minimum atomic E-state index is -0.311. The lowest BCUT2D eigenvalue weighted by atomic mass is 9.90. The standard InChI is InChI=1S/C22H28N4O2/c1-25-20-9-8-17(13-18(20)14-23)16-6-3-5-15(11-16)12-21-19(24)7-4-10-26(21)22(27)28-2/h3,5-6,8-9,11,13-14,19,21,23,25H,4,7,10,12,24H2,1-2H3. The zero-order valence-electron chi connectivity index (χ0n) is 16.4. The van der Waals surface area contributed by atoms with Crippen LogP contribution >= 0.6 is 0 Å². The largest absolute Gasteiger partial charge is 0.453 e. The molecule has 148 valence electrons. The van der Waals surface area contributed by atoms with Crippen LogP contribution in [-0.4, -0.2) is 50.0 Å². The van der Waals surface area contributed by atoms with Gasteiger partial charge in [-0.15, -0.1) is 0 Å². The molecule has 0 spiro atoms. The Morgan fingerprint density at radius 2 is 2.11 bits per heavy atom. The first-order valence-electron chi connectivity index (χ1n) is 9.59. The molecule has 1 saturated heterocycles. The molecule has 1 amide bonds. The molecule has 1 fully saturated rings. The maximum absolute atomic E-state index is 12.2. The molecule has 2 aromatic carbocycles. The number of likely N-dealkylation sites (tertiary alicyclic amines) is 1. The van der Waals surface area contributed by atoms with E-state index in [0.717, 1.165) is 40.8 Å². The smallest absolute Gasteiger partial charge is 0.409 e. The molecule has 6 nitrogen and oxygen atoms in total. The number of amides is 1. The van der Waals surface area contributed by atoms with E-state index in [9.17, 15) is 4.79 Å². The number of hydrogen-bond acceptors (Lipinski definition) is 5. The number of benzene rings is 2. The highest BCUT2D eigenvalue weighted by Gasteiger charge is 2.32. The molecule has 2 aromatic rings. The van der Waals surface area contributed by atoms with Crippen LogP contribution in [0.25, 0.3) is 11.1 Å². The highest BCUT2D eigenvalue weighted by molar-refractivity contribution is 5.88. The van der Waals surface area contributed by atoms with Gasteiger partial charge in [-0.1, -0.05) is 30.3 Å². The number of nitrogens with zero attached hydrogens (tertiary/aromatic N) is 1. The second-order valence-corrected chi connectivity index (χ2v) is 7.14. The average Bonchev–Trinajstić information content (AvgIpc) is 2.74. The third kappa shape index (κ3) is 4.17. The summed E-state index contributed by atoms with van der Waals surface area (Å²) in [6.07, 6.45) is 3.54. The van der Waals surface area contributed by atoms with E-state index in [1.807, 2.05) is 31.3 Å². The highest BCUT2D eigenvalue weighted by atomic mass is 16.5. The van der Waals surface area contributed by atoms with E-state index in [-0.39, 0.29) is 18.2 Å². The summed E-state index contributed by atoms with van der Waals surface area (Å²) >= 11 is 0. The van der Waals surface area contributed by atoms with E-state index in [1.165, 1.54) is 13.3 Å². The van der Waals surface area contributed by atoms with Crippen molar-refractivity contribution in [3.05, 3.63) is 53.6 Å². The fourth-order valence-electron chi connectivity index (χ4n) is 3.90. The summed E-state index contributed by atoms with van der Waals surface area (Å²) < 4.78 is 4.95. The van der Waals surface area contributed by atoms with Crippen molar-refractivity contribution >= 4 is 18.0 Å². The molecule has 1 heterocycles. The minimum absolute atomic E-state index is 0.0593. The van der Waals surface area contributed by atoms with Crippen LogP contribution in [0.4, 0.5) is 10.5 Å². The average molecular weight is 380 g/mol. The molecule has 28 heavy (non-hydrogen) atoms. The number of ether oxygens (including phenoxy) is 1. The van der Waals surface area contributed by atoms with Gasteiger partial charge in [0.15, 0.2) is 0 Å². The molecule has 0 bridgehead atoms. The third-order valence-electron chi connectivity index (χ3n) is 5.42. The van der Waals surface area contributed by atoms with Crippen molar-refractivity contribution in [3.63, 3.8) is 0 Å². The Hall–Kier alpha value is -2.86. The molecular weight excluding hydrogens is 352 g/mol. The Labute approximate surface area is 166 Å². The van der Waals surface area contributed by atoms with Crippen molar-refractivity contribution in [1.82, 2.24) is 4.90 Å². The van der Waals surface area contributed by atoms with Gasteiger partial charge < -0.3 is 26.1 Å². The van der Waals surface area contributed by atoms with Gasteiger partial charge in [0.1, 0.15) is 0 Å². The highest BCUT2D eigenvalue weighted by Crippen LogP contribution is 2.27. The van der Waals surface area contributed by atoms with E-state index >= 15 is 0 Å². The SMILES string of the molecule is CNc1ccc(-c2cccc(CC3C(N)CCCN3C(=O)OC)c2)cc1C=N. The number of rotatable bonds is 5. The van der Waals surface area contributed by atoms with E-state index < -0.39 is 0 Å². The third-order valence-corrected chi connectivity index (χ3v) is 5.42. The Kier molecular flexibility index (Phi) is 6.31. The molecule has 2 unspecified atom stereocenters. The number of carbonyl (C=O) groups excluding carboxylic acids is 1. The first-order valence-corrected chi connectivity index (χ1v) is 9.59. The van der Waals surface area contributed by atoms with Crippen LogP contribution in [0.3, 0.4) is 0 Å². The van der Waals surface area contributed by atoms with Crippen LogP contribution < -0.4 is 11.1 Å². The summed E-state index contributed by atoms with van der Waals surface area (Å²) in [6, 6.07) is 14.2. The van der Waals surface area contributed by atoms with E-state index in [0.29, 0.717) is 13.0 Å². The lowest BCUT2D eigenvalue weighted by Gasteiger charge is -2.39. The summed E-state index contributed by atoms with van der Waals surface area (Å²) in [5.41, 5.74) is 11.4. The fourth-order valence-corrected chi connectivity index (χ4v) is 3.90. The lowest BCUT2D eigenvalue weighted by Crippen LogP contribution is -2.55. The molecular formula is C22H28N4O2. The molecule has 4 N–H and O–H groups in total. The van der Waals surface area contributed by atoms with Gasteiger partial charge in [0.2, 0.25) is 0 Å². The van der Waals surface area contributed by atoms with Gasteiger partial charge in [-0.05, 0) is 48.1 Å². The zero-order chi connectivity index (χ0) is 20.1. The molecule has 0 aliphatic carbocycles. The summed E-state index contributed by atoms with van der Waals surface area (Å²) in [7, 11) is 3.26. The van der Waals surface area contributed by atoms with Crippen LogP contribution in [-0.2, 0) is 11.2 Å². The summed E-state index contributed by atoms with van der Waals surface area (Å²) in [4.78, 5) is 13.9.